The summed E-state index contributed by atoms with van der Waals surface area (Å²) < 4.78 is 18.7. The molecule has 5 N–H and O–H groups in total. The Balaban J connectivity index is 0.000000451. The molecule has 0 unspecified atom stereocenters. The summed E-state index contributed by atoms with van der Waals surface area (Å²) in [6.07, 6.45) is 32.9. The van der Waals surface area contributed by atoms with E-state index in [1.54, 1.807) is 6.08 Å². The number of nitrogens with zero attached hydrogens (tertiary/aromatic N) is 4. The van der Waals surface area contributed by atoms with Gasteiger partial charge in [-0.2, -0.15) is 0 Å². The lowest BCUT2D eigenvalue weighted by Gasteiger charge is -2.36. The second-order valence-electron chi connectivity index (χ2n) is 21.2. The van der Waals surface area contributed by atoms with E-state index in [9.17, 15) is 33.6 Å². The number of nitrogens with one attached hydrogen (secondary N) is 1. The van der Waals surface area contributed by atoms with E-state index in [1.807, 2.05) is 0 Å². The maximum atomic E-state index is 11.4. The lowest BCUT2D eigenvalue weighted by molar-refractivity contribution is -0.247. The minimum absolute atomic E-state index is 0. The fraction of sp³-hybridized carbons (Fsp3) is 0.865. The number of esters is 4. The van der Waals surface area contributed by atoms with Crippen molar-refractivity contribution in [3.8, 4) is 0 Å². The standard InChI is InChI=1S/C11H17N3O3.C11H17NO3.C11H20O4.C10H19NO2.C9H15NO.H2O/c1-17-10(16)8-11(5-3-2-4-6-11)7-9(15)13-14-12;1-15-10(14)7-11(8-12-9-13)5-3-2-4-6-11;1-14-10(12)9-11(7-8-15-13)5-3-2-4-6-11;1-13-9(12)7-10(8-11)5-3-2-4-6-10;11-8-6-9(7-10-8)4-2-1-3-5-9;/h2-8H2,1H3;2-8H2,1H3;13H,2-9H2,1H3;2-8,11H2,1H3;1-7H2,(H,10,11);1H2/p-1. The number of rotatable bonds is 16. The molecular formula is C52H89N6O14-. The van der Waals surface area contributed by atoms with Crippen LogP contribution in [-0.2, 0) is 57.4 Å². The second kappa shape index (κ2) is 35.7. The Morgan fingerprint density at radius 3 is 1.36 bits per heavy atom. The Morgan fingerprint density at radius 1 is 0.611 bits per heavy atom. The summed E-state index contributed by atoms with van der Waals surface area (Å²) in [5.74, 6) is -1.01. The molecule has 5 aliphatic carbocycles. The zero-order chi connectivity index (χ0) is 52.5. The second-order valence-corrected chi connectivity index (χ2v) is 21.2. The SMILES string of the molecule is COC(=O)CC1(CC(=O)N=[N+]=[N-])CCCCC1.COC(=O)CC1(CCOO)CCCCC1.COC(=O)CC1(CN)CCCCC1.COC(=O)CC1(CN=C=O)CCCCC1.O=C1CC2(CCCCC2)CN1.[OH-]. The van der Waals surface area contributed by atoms with Crippen LogP contribution >= 0.6 is 0 Å². The summed E-state index contributed by atoms with van der Waals surface area (Å²) in [6, 6.07) is 0. The maximum absolute atomic E-state index is 11.4. The Morgan fingerprint density at radius 2 is 0.986 bits per heavy atom. The number of hydrogen-bond acceptors (Lipinski definition) is 16. The van der Waals surface area contributed by atoms with Crippen molar-refractivity contribution in [3.63, 3.8) is 0 Å². The van der Waals surface area contributed by atoms with Gasteiger partial charge in [-0.25, -0.2) is 14.7 Å². The first kappa shape index (κ1) is 65.6. The van der Waals surface area contributed by atoms with Crippen molar-refractivity contribution in [1.82, 2.24) is 5.32 Å². The number of carbonyl (C=O) groups is 6. The van der Waals surface area contributed by atoms with Crippen LogP contribution in [0.2, 0.25) is 0 Å². The fourth-order valence-corrected chi connectivity index (χ4v) is 11.8. The monoisotopic (exact) mass is 1020 g/mol. The van der Waals surface area contributed by atoms with Crippen LogP contribution in [0.4, 0.5) is 0 Å². The van der Waals surface area contributed by atoms with Gasteiger partial charge in [-0.1, -0.05) is 96.3 Å². The van der Waals surface area contributed by atoms with Crippen LogP contribution in [0.5, 0.6) is 0 Å². The Bertz CT molecular complexity index is 1720. The summed E-state index contributed by atoms with van der Waals surface area (Å²) in [4.78, 5) is 88.0. The van der Waals surface area contributed by atoms with Gasteiger partial charge in [0.05, 0.1) is 67.3 Å². The average molecular weight is 1020 g/mol. The van der Waals surface area contributed by atoms with E-state index < -0.39 is 5.91 Å². The minimum Gasteiger partial charge on any atom is -0.870 e. The average Bonchev–Trinajstić information content (AvgIpc) is 3.75. The van der Waals surface area contributed by atoms with Crippen LogP contribution < -0.4 is 11.1 Å². The van der Waals surface area contributed by atoms with Gasteiger partial charge in [-0.15, -0.1) is 0 Å². The maximum Gasteiger partial charge on any atom is 0.306 e. The van der Waals surface area contributed by atoms with Crippen molar-refractivity contribution in [2.75, 3.05) is 54.7 Å². The lowest BCUT2D eigenvalue weighted by Crippen LogP contribution is -2.35. The number of aliphatic imine (C=N–C) groups is 1. The van der Waals surface area contributed by atoms with Gasteiger partial charge < -0.3 is 35.5 Å². The van der Waals surface area contributed by atoms with Gasteiger partial charge in [0.15, 0.2) is 0 Å². The highest BCUT2D eigenvalue weighted by atomic mass is 17.1. The molecule has 0 aromatic rings. The molecule has 1 heterocycles. The van der Waals surface area contributed by atoms with E-state index in [1.165, 1.54) is 92.6 Å². The molecule has 6 aliphatic rings. The molecule has 0 aromatic carbocycles. The van der Waals surface area contributed by atoms with Crippen LogP contribution in [0.3, 0.4) is 0 Å². The van der Waals surface area contributed by atoms with E-state index in [2.05, 4.69) is 39.4 Å². The zero-order valence-corrected chi connectivity index (χ0v) is 44.1. The molecule has 1 saturated heterocycles. The molecular weight excluding hydrogens is 933 g/mol. The normalized spacial score (nSPS) is 20.6. The topological polar surface area (TPSA) is 315 Å². The summed E-state index contributed by atoms with van der Waals surface area (Å²) >= 11 is 0. The van der Waals surface area contributed by atoms with Gasteiger partial charge in [0.1, 0.15) is 0 Å². The molecule has 1 aliphatic heterocycles. The van der Waals surface area contributed by atoms with Gasteiger partial charge in [-0.3, -0.25) is 34.0 Å². The molecule has 6 rings (SSSR count). The first-order chi connectivity index (χ1) is 34.1. The number of ether oxygens (including phenoxy) is 4. The lowest BCUT2D eigenvalue weighted by atomic mass is 9.69. The first-order valence-electron chi connectivity index (χ1n) is 26.2. The van der Waals surface area contributed by atoms with E-state index in [-0.39, 0.29) is 69.8 Å². The highest BCUT2D eigenvalue weighted by Gasteiger charge is 2.40. The predicted octanol–water partition coefficient (Wildman–Crippen LogP) is 9.68. The Kier molecular flexibility index (Phi) is 32.5. The zero-order valence-electron chi connectivity index (χ0n) is 44.1. The molecule has 0 aromatic heterocycles. The fourth-order valence-electron chi connectivity index (χ4n) is 11.8. The predicted molar refractivity (Wildman–Crippen MR) is 268 cm³/mol. The summed E-state index contributed by atoms with van der Waals surface area (Å²) in [7, 11) is 5.59. The number of methoxy groups -OCH3 is 4. The molecule has 0 bridgehead atoms. The Hall–Kier alpha value is -4.45. The molecule has 20 nitrogen and oxygen atoms in total. The van der Waals surface area contributed by atoms with Gasteiger partial charge in [0, 0.05) is 29.7 Å². The molecule has 6 fully saturated rings. The van der Waals surface area contributed by atoms with Gasteiger partial charge in [-0.05, 0) is 109 Å². The molecule has 5 saturated carbocycles. The van der Waals surface area contributed by atoms with Crippen LogP contribution in [0.25, 0.3) is 10.4 Å². The molecule has 1 spiro atoms. The number of hydrogen-bond donors (Lipinski definition) is 3. The van der Waals surface area contributed by atoms with Gasteiger partial charge in [0.25, 0.3) is 0 Å². The summed E-state index contributed by atoms with van der Waals surface area (Å²) in [5.41, 5.74) is 13.9. The molecule has 0 atom stereocenters. The molecule has 72 heavy (non-hydrogen) atoms. The number of nitrogens with two attached hydrogens (primary N) is 1. The van der Waals surface area contributed by atoms with Crippen LogP contribution in [0.15, 0.2) is 10.1 Å². The number of carbonyl (C=O) groups excluding carboxylic acids is 7. The van der Waals surface area contributed by atoms with Gasteiger partial charge >= 0.3 is 23.9 Å². The van der Waals surface area contributed by atoms with Crippen molar-refractivity contribution in [1.29, 1.82) is 0 Å². The summed E-state index contributed by atoms with van der Waals surface area (Å²) in [6.45, 7) is 2.27. The van der Waals surface area contributed by atoms with E-state index in [4.69, 9.17) is 21.3 Å². The number of isocyanates is 1. The quantitative estimate of drug-likeness (QED) is 0.0149. The minimum atomic E-state index is -0.488. The van der Waals surface area contributed by atoms with Crippen molar-refractivity contribution in [2.24, 2.45) is 42.9 Å². The first-order valence-corrected chi connectivity index (χ1v) is 26.2. The number of amides is 2. The summed E-state index contributed by atoms with van der Waals surface area (Å²) in [5, 5.41) is 14.4. The molecule has 0 radical (unpaired) electrons. The van der Waals surface area contributed by atoms with Crippen LogP contribution in [0.1, 0.15) is 205 Å². The van der Waals surface area contributed by atoms with Crippen molar-refractivity contribution >= 4 is 41.8 Å². The smallest absolute Gasteiger partial charge is 0.306 e. The largest absolute Gasteiger partial charge is 0.870 e. The van der Waals surface area contributed by atoms with Crippen LogP contribution in [-0.4, -0.2) is 107 Å². The Labute approximate surface area is 427 Å². The van der Waals surface area contributed by atoms with Gasteiger partial charge in [0.2, 0.25) is 17.9 Å². The highest BCUT2D eigenvalue weighted by Crippen LogP contribution is 2.45. The van der Waals surface area contributed by atoms with Crippen molar-refractivity contribution < 1.29 is 68.1 Å². The molecule has 20 heteroatoms. The van der Waals surface area contributed by atoms with Crippen LogP contribution in [0, 0.1) is 27.1 Å². The third-order valence-corrected chi connectivity index (χ3v) is 16.1. The molecule has 412 valence electrons. The third-order valence-electron chi connectivity index (χ3n) is 16.1. The van der Waals surface area contributed by atoms with E-state index in [0.717, 1.165) is 116 Å². The number of azide groups is 1. The highest BCUT2D eigenvalue weighted by molar-refractivity contribution is 5.79. The van der Waals surface area contributed by atoms with Crippen molar-refractivity contribution in [3.05, 3.63) is 10.4 Å². The van der Waals surface area contributed by atoms with Crippen molar-refractivity contribution in [2.45, 2.75) is 205 Å². The molecule has 2 amide bonds. The third kappa shape index (κ3) is 24.5. The van der Waals surface area contributed by atoms with E-state index >= 15 is 0 Å². The van der Waals surface area contributed by atoms with E-state index in [0.29, 0.717) is 44.4 Å².